The van der Waals surface area contributed by atoms with Crippen LogP contribution in [0.5, 0.6) is 0 Å². The molecule has 1 fully saturated rings. The van der Waals surface area contributed by atoms with Crippen LogP contribution in [0.15, 0.2) is 0 Å². The molecule has 0 aliphatic carbocycles. The van der Waals surface area contributed by atoms with Crippen molar-refractivity contribution >= 4 is 59.3 Å². The minimum atomic E-state index is -0.887. The molecule has 1 aliphatic heterocycles. The summed E-state index contributed by atoms with van der Waals surface area (Å²) < 4.78 is 15.5. The summed E-state index contributed by atoms with van der Waals surface area (Å²) in [6.07, 6.45) is -1.09. The van der Waals surface area contributed by atoms with Crippen molar-refractivity contribution in [3.05, 3.63) is 0 Å². The van der Waals surface area contributed by atoms with Crippen molar-refractivity contribution in [2.45, 2.75) is 25.0 Å². The van der Waals surface area contributed by atoms with E-state index in [9.17, 15) is 9.59 Å². The molecule has 1 heterocycles. The number of halogens is 4. The van der Waals surface area contributed by atoms with Crippen LogP contribution >= 0.6 is 47.1 Å². The van der Waals surface area contributed by atoms with Crippen molar-refractivity contribution in [2.75, 3.05) is 13.2 Å². The van der Waals surface area contributed by atoms with Gasteiger partial charge in [-0.2, -0.15) is 0 Å². The van der Waals surface area contributed by atoms with Crippen LogP contribution in [0.25, 0.3) is 0 Å². The van der Waals surface area contributed by atoms with Crippen molar-refractivity contribution < 1.29 is 23.8 Å². The molecule has 0 unspecified atom stereocenters. The standard InChI is InChI=1S/C8H10Cl4N2O5/c9-13(10)7(15)17-3-5-1-2-6(19-5)4-18-8(16)14(11)12/h5-6H,1-4H2/t5-,6-/m0/s1. The molecule has 11 heteroatoms. The molecular formula is C8H10Cl4N2O5. The van der Waals surface area contributed by atoms with Crippen LogP contribution in [0.1, 0.15) is 12.8 Å². The largest absolute Gasteiger partial charge is 0.445 e. The van der Waals surface area contributed by atoms with Gasteiger partial charge < -0.3 is 14.2 Å². The first-order chi connectivity index (χ1) is 8.90. The van der Waals surface area contributed by atoms with E-state index >= 15 is 0 Å². The molecule has 0 aromatic rings. The van der Waals surface area contributed by atoms with Crippen molar-refractivity contribution in [2.24, 2.45) is 0 Å². The summed E-state index contributed by atoms with van der Waals surface area (Å²) in [5, 5.41) is 0. The van der Waals surface area contributed by atoms with Crippen LogP contribution in [0, 0.1) is 0 Å². The Morgan fingerprint density at radius 1 is 0.947 bits per heavy atom. The zero-order valence-corrected chi connectivity index (χ0v) is 12.5. The zero-order valence-electron chi connectivity index (χ0n) is 9.43. The Morgan fingerprint density at radius 3 is 1.63 bits per heavy atom. The first-order valence-electron chi connectivity index (χ1n) is 5.12. The number of ether oxygens (including phenoxy) is 3. The molecule has 2 amide bonds. The van der Waals surface area contributed by atoms with E-state index in [1.54, 1.807) is 0 Å². The Hall–Kier alpha value is -0.340. The van der Waals surface area contributed by atoms with E-state index in [0.717, 1.165) is 0 Å². The molecule has 1 saturated heterocycles. The lowest BCUT2D eigenvalue weighted by molar-refractivity contribution is -0.0212. The van der Waals surface area contributed by atoms with Gasteiger partial charge in [-0.05, 0) is 12.8 Å². The summed E-state index contributed by atoms with van der Waals surface area (Å²) >= 11 is 20.6. The van der Waals surface area contributed by atoms with Gasteiger partial charge in [0.05, 0.1) is 12.2 Å². The second kappa shape index (κ2) is 8.06. The highest BCUT2D eigenvalue weighted by atomic mass is 35.5. The molecule has 2 atom stereocenters. The third-order valence-corrected chi connectivity index (χ3v) is 2.81. The maximum absolute atomic E-state index is 11.0. The van der Waals surface area contributed by atoms with Crippen LogP contribution in [-0.2, 0) is 14.2 Å². The lowest BCUT2D eigenvalue weighted by Crippen LogP contribution is -2.25. The van der Waals surface area contributed by atoms with E-state index in [0.29, 0.717) is 12.8 Å². The summed E-state index contributed by atoms with van der Waals surface area (Å²) in [4.78, 5) is 21.9. The molecule has 0 aromatic carbocycles. The molecule has 0 saturated carbocycles. The lowest BCUT2D eigenvalue weighted by atomic mass is 10.2. The summed E-state index contributed by atoms with van der Waals surface area (Å²) in [7, 11) is 0. The molecular weight excluding hydrogens is 346 g/mol. The van der Waals surface area contributed by atoms with Gasteiger partial charge in [-0.3, -0.25) is 0 Å². The molecule has 0 N–H and O–H groups in total. The highest BCUT2D eigenvalue weighted by molar-refractivity contribution is 6.41. The average molecular weight is 356 g/mol. The predicted octanol–water partition coefficient (Wildman–Crippen LogP) is 3.03. The third-order valence-electron chi connectivity index (χ3n) is 2.26. The number of nitrogens with zero attached hydrogens (tertiary/aromatic N) is 2. The molecule has 1 rings (SSSR count). The topological polar surface area (TPSA) is 68.3 Å². The number of amides is 2. The molecule has 0 radical (unpaired) electrons. The van der Waals surface area contributed by atoms with Gasteiger partial charge >= 0.3 is 12.2 Å². The Kier molecular flexibility index (Phi) is 7.09. The Morgan fingerprint density at radius 2 is 1.32 bits per heavy atom. The fourth-order valence-corrected chi connectivity index (χ4v) is 1.65. The van der Waals surface area contributed by atoms with Crippen molar-refractivity contribution in [1.29, 1.82) is 0 Å². The van der Waals surface area contributed by atoms with E-state index in [1.165, 1.54) is 0 Å². The Bertz CT molecular complexity index is 300. The second-order valence-corrected chi connectivity index (χ2v) is 5.28. The molecule has 0 bridgehead atoms. The fraction of sp³-hybridized carbons (Fsp3) is 0.750. The van der Waals surface area contributed by atoms with Gasteiger partial charge in [0.15, 0.2) is 0 Å². The van der Waals surface area contributed by atoms with Crippen molar-refractivity contribution in [1.82, 2.24) is 7.88 Å². The van der Waals surface area contributed by atoms with Gasteiger partial charge in [0.2, 0.25) is 0 Å². The molecule has 1 aliphatic rings. The van der Waals surface area contributed by atoms with E-state index in [4.69, 9.17) is 61.3 Å². The number of rotatable bonds is 4. The SMILES string of the molecule is O=C(OC[C@@H]1CC[C@@H](COC(=O)N(Cl)Cl)O1)N(Cl)Cl. The zero-order chi connectivity index (χ0) is 14.4. The first-order valence-corrected chi connectivity index (χ1v) is 6.47. The summed E-state index contributed by atoms with van der Waals surface area (Å²) in [6, 6.07) is 0. The van der Waals surface area contributed by atoms with E-state index in [1.807, 2.05) is 0 Å². The smallest absolute Gasteiger partial charge is 0.440 e. The molecule has 0 aromatic heterocycles. The average Bonchev–Trinajstić information content (AvgIpc) is 2.80. The van der Waals surface area contributed by atoms with E-state index in [2.05, 4.69) is 0 Å². The Labute approximate surface area is 129 Å². The quantitative estimate of drug-likeness (QED) is 0.725. The minimum absolute atomic E-state index is 0.0103. The van der Waals surface area contributed by atoms with Crippen LogP contribution in [0.3, 0.4) is 0 Å². The van der Waals surface area contributed by atoms with Gasteiger partial charge in [0.1, 0.15) is 13.2 Å². The maximum atomic E-state index is 11.0. The predicted molar refractivity (Wildman–Crippen MR) is 67.7 cm³/mol. The second-order valence-electron chi connectivity index (χ2n) is 3.58. The lowest BCUT2D eigenvalue weighted by Gasteiger charge is -2.14. The molecule has 7 nitrogen and oxygen atoms in total. The number of hydrogen-bond acceptors (Lipinski definition) is 5. The van der Waals surface area contributed by atoms with Crippen molar-refractivity contribution in [3.8, 4) is 0 Å². The first kappa shape index (κ1) is 16.7. The highest BCUT2D eigenvalue weighted by Crippen LogP contribution is 2.21. The Balaban J connectivity index is 2.19. The fourth-order valence-electron chi connectivity index (χ4n) is 1.45. The van der Waals surface area contributed by atoms with Gasteiger partial charge in [-0.25, -0.2) is 9.59 Å². The van der Waals surface area contributed by atoms with Gasteiger partial charge in [0, 0.05) is 47.1 Å². The number of carbonyl (C=O) groups excluding carboxylic acids is 2. The molecule has 110 valence electrons. The maximum Gasteiger partial charge on any atom is 0.440 e. The van der Waals surface area contributed by atoms with Gasteiger partial charge in [-0.15, -0.1) is 7.88 Å². The van der Waals surface area contributed by atoms with Gasteiger partial charge in [-0.1, -0.05) is 0 Å². The monoisotopic (exact) mass is 354 g/mol. The minimum Gasteiger partial charge on any atom is -0.445 e. The van der Waals surface area contributed by atoms with Crippen LogP contribution in [0.4, 0.5) is 9.59 Å². The van der Waals surface area contributed by atoms with E-state index in [-0.39, 0.29) is 33.3 Å². The highest BCUT2D eigenvalue weighted by Gasteiger charge is 2.28. The number of hydrogen-bond donors (Lipinski definition) is 0. The van der Waals surface area contributed by atoms with Crippen LogP contribution in [0.2, 0.25) is 0 Å². The summed E-state index contributed by atoms with van der Waals surface area (Å²) in [5.74, 6) is 0. The summed E-state index contributed by atoms with van der Waals surface area (Å²) in [6.45, 7) is 0.0205. The third kappa shape index (κ3) is 6.09. The normalized spacial score (nSPS) is 21.9. The molecule has 19 heavy (non-hydrogen) atoms. The van der Waals surface area contributed by atoms with Gasteiger partial charge in [0.25, 0.3) is 0 Å². The number of carbonyl (C=O) groups is 2. The van der Waals surface area contributed by atoms with Crippen LogP contribution < -0.4 is 0 Å². The van der Waals surface area contributed by atoms with Crippen LogP contribution in [-0.4, -0.2) is 45.5 Å². The van der Waals surface area contributed by atoms with Crippen molar-refractivity contribution in [3.63, 3.8) is 0 Å². The molecule has 0 spiro atoms. The summed E-state index contributed by atoms with van der Waals surface area (Å²) in [5.41, 5.74) is 0. The van der Waals surface area contributed by atoms with E-state index < -0.39 is 12.2 Å².